The molecule has 0 heterocycles. The normalized spacial score (nSPS) is 33.2. The van der Waals surface area contributed by atoms with Gasteiger partial charge in [0.15, 0.2) is 0 Å². The molecule has 0 radical (unpaired) electrons. The van der Waals surface area contributed by atoms with Crippen LogP contribution < -0.4 is 10.1 Å². The van der Waals surface area contributed by atoms with Crippen LogP contribution in [0.1, 0.15) is 49.7 Å². The average Bonchev–Trinajstić information content (AvgIpc) is 2.64. The monoisotopic (exact) mass is 381 g/mol. The smallest absolute Gasteiger partial charge is 0.129 e. The van der Waals surface area contributed by atoms with Crippen LogP contribution in [0.25, 0.3) is 0 Å². The zero-order valence-corrected chi connectivity index (χ0v) is 16.2. The topological polar surface area (TPSA) is 41.5 Å². The highest BCUT2D eigenvalue weighted by molar-refractivity contribution is 5.34. The van der Waals surface area contributed by atoms with Crippen LogP contribution in [-0.4, -0.2) is 16.2 Å². The van der Waals surface area contributed by atoms with E-state index in [1.807, 2.05) is 24.3 Å². The molecule has 4 bridgehead atoms. The maximum Gasteiger partial charge on any atom is 0.129 e. The van der Waals surface area contributed by atoms with Gasteiger partial charge in [0.05, 0.1) is 5.60 Å². The van der Waals surface area contributed by atoms with Crippen LogP contribution in [0, 0.1) is 17.7 Å². The number of aliphatic hydroxyl groups is 1. The minimum atomic E-state index is -0.460. The first-order valence-electron chi connectivity index (χ1n) is 10.4. The Labute approximate surface area is 165 Å². The molecule has 0 saturated heterocycles. The molecule has 6 rings (SSSR count). The SMILES string of the molecule is OC12C[C@H]3C[C@@H](C1)CC(NCc1ccccc1OCc1ccccc1F)(C3)C2. The van der Waals surface area contributed by atoms with Crippen molar-refractivity contribution in [3.8, 4) is 5.75 Å². The third kappa shape index (κ3) is 3.44. The molecule has 4 atom stereocenters. The molecule has 4 fully saturated rings. The fraction of sp³-hybridized carbons (Fsp3) is 0.500. The largest absolute Gasteiger partial charge is 0.488 e. The summed E-state index contributed by atoms with van der Waals surface area (Å²) in [4.78, 5) is 0. The van der Waals surface area contributed by atoms with Gasteiger partial charge in [-0.15, -0.1) is 0 Å². The lowest BCUT2D eigenvalue weighted by Gasteiger charge is -2.60. The average molecular weight is 381 g/mol. The number of rotatable bonds is 6. The fourth-order valence-corrected chi connectivity index (χ4v) is 6.27. The van der Waals surface area contributed by atoms with Crippen molar-refractivity contribution in [3.63, 3.8) is 0 Å². The molecular weight excluding hydrogens is 353 g/mol. The van der Waals surface area contributed by atoms with Gasteiger partial charge in [-0.05, 0) is 62.5 Å². The molecule has 3 nitrogen and oxygen atoms in total. The van der Waals surface area contributed by atoms with Crippen LogP contribution in [0.15, 0.2) is 48.5 Å². The molecule has 4 aliphatic rings. The van der Waals surface area contributed by atoms with E-state index in [1.54, 1.807) is 12.1 Å². The molecule has 0 aromatic heterocycles. The first kappa shape index (κ1) is 18.1. The number of hydrogen-bond donors (Lipinski definition) is 2. The highest BCUT2D eigenvalue weighted by Crippen LogP contribution is 2.57. The van der Waals surface area contributed by atoms with Crippen LogP contribution >= 0.6 is 0 Å². The predicted octanol–water partition coefficient (Wildman–Crippen LogP) is 4.58. The zero-order valence-electron chi connectivity index (χ0n) is 16.2. The van der Waals surface area contributed by atoms with E-state index in [9.17, 15) is 9.50 Å². The van der Waals surface area contributed by atoms with Gasteiger partial charge in [0, 0.05) is 23.2 Å². The molecule has 2 N–H and O–H groups in total. The summed E-state index contributed by atoms with van der Waals surface area (Å²) in [6.07, 6.45) is 6.46. The lowest BCUT2D eigenvalue weighted by molar-refractivity contribution is -0.142. The van der Waals surface area contributed by atoms with Crippen molar-refractivity contribution in [1.82, 2.24) is 5.32 Å². The number of halogens is 1. The van der Waals surface area contributed by atoms with Gasteiger partial charge < -0.3 is 15.2 Å². The lowest BCUT2D eigenvalue weighted by atomic mass is 9.51. The summed E-state index contributed by atoms with van der Waals surface area (Å²) in [6.45, 7) is 0.932. The molecule has 2 unspecified atom stereocenters. The summed E-state index contributed by atoms with van der Waals surface area (Å²) >= 11 is 0. The van der Waals surface area contributed by atoms with Crippen molar-refractivity contribution in [2.24, 2.45) is 11.8 Å². The third-order valence-electron chi connectivity index (χ3n) is 7.00. The number of ether oxygens (including phenoxy) is 1. The molecule has 2 aromatic carbocycles. The number of hydrogen-bond acceptors (Lipinski definition) is 3. The highest BCUT2D eigenvalue weighted by atomic mass is 19.1. The number of benzene rings is 2. The molecule has 0 amide bonds. The summed E-state index contributed by atoms with van der Waals surface area (Å²) in [6, 6.07) is 14.7. The van der Waals surface area contributed by atoms with Crippen molar-refractivity contribution in [3.05, 3.63) is 65.5 Å². The van der Waals surface area contributed by atoms with Gasteiger partial charge in [0.1, 0.15) is 18.2 Å². The molecule has 4 heteroatoms. The summed E-state index contributed by atoms with van der Waals surface area (Å²) in [7, 11) is 0. The third-order valence-corrected chi connectivity index (χ3v) is 7.00. The van der Waals surface area contributed by atoms with E-state index in [0.29, 0.717) is 23.9 Å². The Hall–Kier alpha value is -1.91. The van der Waals surface area contributed by atoms with Gasteiger partial charge in [0.2, 0.25) is 0 Å². The van der Waals surface area contributed by atoms with Gasteiger partial charge >= 0.3 is 0 Å². The second-order valence-corrected chi connectivity index (χ2v) is 9.31. The first-order valence-corrected chi connectivity index (χ1v) is 10.4. The van der Waals surface area contributed by atoms with E-state index >= 15 is 0 Å². The lowest BCUT2D eigenvalue weighted by Crippen LogP contribution is -2.64. The second kappa shape index (κ2) is 6.85. The van der Waals surface area contributed by atoms with Crippen LogP contribution in [0.3, 0.4) is 0 Å². The Morgan fingerprint density at radius 3 is 2.36 bits per heavy atom. The van der Waals surface area contributed by atoms with E-state index in [2.05, 4.69) is 11.4 Å². The van der Waals surface area contributed by atoms with Gasteiger partial charge in [0.25, 0.3) is 0 Å². The molecular formula is C24H28FNO2. The number of para-hydroxylation sites is 1. The van der Waals surface area contributed by atoms with Gasteiger partial charge in [-0.2, -0.15) is 0 Å². The minimum Gasteiger partial charge on any atom is -0.488 e. The van der Waals surface area contributed by atoms with Crippen molar-refractivity contribution in [1.29, 1.82) is 0 Å². The van der Waals surface area contributed by atoms with Crippen molar-refractivity contribution < 1.29 is 14.2 Å². The second-order valence-electron chi connectivity index (χ2n) is 9.31. The van der Waals surface area contributed by atoms with Gasteiger partial charge in [-0.1, -0.05) is 36.4 Å². The fourth-order valence-electron chi connectivity index (χ4n) is 6.27. The molecule has 0 spiro atoms. The summed E-state index contributed by atoms with van der Waals surface area (Å²) in [5.41, 5.74) is 1.24. The van der Waals surface area contributed by atoms with E-state index in [0.717, 1.165) is 30.6 Å². The van der Waals surface area contributed by atoms with E-state index in [1.165, 1.54) is 25.3 Å². The van der Waals surface area contributed by atoms with Crippen LogP contribution in [0.4, 0.5) is 4.39 Å². The maximum absolute atomic E-state index is 13.9. The first-order chi connectivity index (χ1) is 13.5. The zero-order chi connectivity index (χ0) is 19.2. The summed E-state index contributed by atoms with van der Waals surface area (Å²) < 4.78 is 19.8. The predicted molar refractivity (Wildman–Crippen MR) is 106 cm³/mol. The molecule has 28 heavy (non-hydrogen) atoms. The Bertz CT molecular complexity index is 853. The summed E-state index contributed by atoms with van der Waals surface area (Å²) in [5.74, 6) is 1.87. The van der Waals surface area contributed by atoms with E-state index in [-0.39, 0.29) is 18.0 Å². The quantitative estimate of drug-likeness (QED) is 0.770. The Morgan fingerprint density at radius 2 is 1.64 bits per heavy atom. The molecule has 148 valence electrons. The van der Waals surface area contributed by atoms with Crippen LogP contribution in [0.2, 0.25) is 0 Å². The van der Waals surface area contributed by atoms with Crippen molar-refractivity contribution >= 4 is 0 Å². The Morgan fingerprint density at radius 1 is 0.964 bits per heavy atom. The standard InChI is InChI=1S/C24H28FNO2/c25-21-7-3-1-6-20(21)15-28-22-8-4-2-5-19(22)14-26-23-10-17-9-18(11-23)13-24(27,12-17)16-23/h1-8,17-18,26-27H,9-16H2/t17-,18+,23?,24?. The van der Waals surface area contributed by atoms with Gasteiger partial charge in [-0.25, -0.2) is 4.39 Å². The number of nitrogens with one attached hydrogen (secondary N) is 1. The van der Waals surface area contributed by atoms with Gasteiger partial charge in [-0.3, -0.25) is 0 Å². The molecule has 2 aromatic rings. The van der Waals surface area contributed by atoms with Crippen molar-refractivity contribution in [2.75, 3.05) is 0 Å². The Balaban J connectivity index is 1.28. The molecule has 4 saturated carbocycles. The van der Waals surface area contributed by atoms with E-state index < -0.39 is 5.60 Å². The Kier molecular flexibility index (Phi) is 4.44. The minimum absolute atomic E-state index is 0.0531. The molecule has 4 aliphatic carbocycles. The highest BCUT2D eigenvalue weighted by Gasteiger charge is 2.56. The van der Waals surface area contributed by atoms with Crippen molar-refractivity contribution in [2.45, 2.75) is 62.8 Å². The summed E-state index contributed by atoms with van der Waals surface area (Å²) in [5, 5.41) is 14.8. The van der Waals surface area contributed by atoms with Crippen LogP contribution in [0.5, 0.6) is 5.75 Å². The molecule has 0 aliphatic heterocycles. The van der Waals surface area contributed by atoms with E-state index in [4.69, 9.17) is 4.74 Å². The van der Waals surface area contributed by atoms with Crippen LogP contribution in [-0.2, 0) is 13.2 Å². The maximum atomic E-state index is 13.9.